The van der Waals surface area contributed by atoms with Crippen molar-refractivity contribution >= 4 is 11.9 Å². The average Bonchev–Trinajstić information content (AvgIpc) is 3.30. The minimum Gasteiger partial charge on any atom is -0.481 e. The maximum Gasteiger partial charge on any atom is 0.307 e. The van der Waals surface area contributed by atoms with Crippen LogP contribution in [0, 0.1) is 5.92 Å². The molecular weight excluding hydrogens is 416 g/mol. The Hall–Kier alpha value is -4.19. The molecule has 6 nitrogen and oxygen atoms in total. The van der Waals surface area contributed by atoms with Gasteiger partial charge in [0.15, 0.2) is 0 Å². The van der Waals surface area contributed by atoms with E-state index >= 15 is 0 Å². The Labute approximate surface area is 191 Å². The minimum absolute atomic E-state index is 0.0308. The first kappa shape index (κ1) is 22.0. The predicted octanol–water partition coefficient (Wildman–Crippen LogP) is 4.44. The summed E-state index contributed by atoms with van der Waals surface area (Å²) >= 11 is 0. The Bertz CT molecular complexity index is 1120. The Morgan fingerprint density at radius 2 is 1.24 bits per heavy atom. The highest BCUT2D eigenvalue weighted by atomic mass is 16.4. The van der Waals surface area contributed by atoms with Crippen LogP contribution in [-0.2, 0) is 21.5 Å². The van der Waals surface area contributed by atoms with Gasteiger partial charge < -0.3 is 14.8 Å². The van der Waals surface area contributed by atoms with Crippen LogP contribution in [0.1, 0.15) is 28.8 Å². The summed E-state index contributed by atoms with van der Waals surface area (Å²) in [5, 5.41) is 18.6. The first-order valence-electron chi connectivity index (χ1n) is 10.7. The van der Waals surface area contributed by atoms with Crippen LogP contribution in [0.25, 0.3) is 0 Å². The van der Waals surface area contributed by atoms with Gasteiger partial charge in [0.1, 0.15) is 5.54 Å². The molecule has 0 fully saturated rings. The van der Waals surface area contributed by atoms with Gasteiger partial charge in [-0.2, -0.15) is 0 Å². The van der Waals surface area contributed by atoms with E-state index in [2.05, 4.69) is 41.4 Å². The van der Waals surface area contributed by atoms with E-state index in [1.807, 2.05) is 65.4 Å². The van der Waals surface area contributed by atoms with E-state index in [1.165, 1.54) is 0 Å². The van der Waals surface area contributed by atoms with Gasteiger partial charge in [-0.1, -0.05) is 91.0 Å². The van der Waals surface area contributed by atoms with Gasteiger partial charge in [0, 0.05) is 12.6 Å². The molecule has 33 heavy (non-hydrogen) atoms. The zero-order chi connectivity index (χ0) is 23.3. The van der Waals surface area contributed by atoms with E-state index in [4.69, 9.17) is 5.11 Å². The molecule has 2 N–H and O–H groups in total. The van der Waals surface area contributed by atoms with Gasteiger partial charge in [0.05, 0.1) is 24.4 Å². The molecule has 4 rings (SSSR count). The Kier molecular flexibility index (Phi) is 6.36. The lowest BCUT2D eigenvalue weighted by Crippen LogP contribution is -2.37. The number of imidazole rings is 1. The molecule has 0 unspecified atom stereocenters. The molecule has 1 heterocycles. The zero-order valence-corrected chi connectivity index (χ0v) is 17.9. The summed E-state index contributed by atoms with van der Waals surface area (Å²) in [6, 6.07) is 30.2. The molecule has 0 saturated heterocycles. The second kappa shape index (κ2) is 9.53. The molecule has 0 saturated carbocycles. The number of carboxylic acids is 2. The molecule has 1 aromatic heterocycles. The summed E-state index contributed by atoms with van der Waals surface area (Å²) in [5.41, 5.74) is 2.83. The highest BCUT2D eigenvalue weighted by Crippen LogP contribution is 2.40. The smallest absolute Gasteiger partial charge is 0.307 e. The maximum atomic E-state index is 11.6. The average molecular weight is 440 g/mol. The van der Waals surface area contributed by atoms with Gasteiger partial charge >= 0.3 is 11.9 Å². The third-order valence-corrected chi connectivity index (χ3v) is 5.82. The number of carboxylic acid groups (broad SMARTS) is 2. The van der Waals surface area contributed by atoms with Crippen molar-refractivity contribution in [1.29, 1.82) is 0 Å². The first-order valence-corrected chi connectivity index (χ1v) is 10.7. The lowest BCUT2D eigenvalue weighted by molar-refractivity contribution is -0.148. The monoisotopic (exact) mass is 440 g/mol. The van der Waals surface area contributed by atoms with Gasteiger partial charge in [0.25, 0.3) is 0 Å². The van der Waals surface area contributed by atoms with Gasteiger partial charge in [-0.25, -0.2) is 4.98 Å². The molecule has 4 aromatic rings. The number of carbonyl (C=O) groups is 2. The summed E-state index contributed by atoms with van der Waals surface area (Å²) in [6.45, 7) is 0. The predicted molar refractivity (Wildman–Crippen MR) is 124 cm³/mol. The number of nitrogens with zero attached hydrogens (tertiary/aromatic N) is 2. The van der Waals surface area contributed by atoms with Gasteiger partial charge in [0.2, 0.25) is 0 Å². The van der Waals surface area contributed by atoms with Crippen LogP contribution in [0.3, 0.4) is 0 Å². The molecule has 0 aliphatic rings. The van der Waals surface area contributed by atoms with Crippen LogP contribution < -0.4 is 0 Å². The van der Waals surface area contributed by atoms with Crippen molar-refractivity contribution < 1.29 is 19.8 Å². The summed E-state index contributed by atoms with van der Waals surface area (Å²) in [4.78, 5) is 27.2. The molecule has 3 aromatic carbocycles. The second-order valence-electron chi connectivity index (χ2n) is 7.92. The molecule has 0 bridgehead atoms. The van der Waals surface area contributed by atoms with E-state index in [-0.39, 0.29) is 6.42 Å². The summed E-state index contributed by atoms with van der Waals surface area (Å²) in [7, 11) is 0. The largest absolute Gasteiger partial charge is 0.481 e. The van der Waals surface area contributed by atoms with E-state index in [0.717, 1.165) is 16.7 Å². The van der Waals surface area contributed by atoms with Crippen molar-refractivity contribution in [3.63, 3.8) is 0 Å². The number of benzene rings is 3. The number of rotatable bonds is 9. The quantitative estimate of drug-likeness (QED) is 0.375. The van der Waals surface area contributed by atoms with E-state index in [9.17, 15) is 14.7 Å². The van der Waals surface area contributed by atoms with Gasteiger partial charge in [-0.15, -0.1) is 0 Å². The SMILES string of the molecule is O=C(O)C[C@@H](Cc1cn(C(c2ccccc2)(c2ccccc2)c2ccccc2)cn1)C(=O)O. The van der Waals surface area contributed by atoms with Crippen molar-refractivity contribution in [1.82, 2.24) is 9.55 Å². The Balaban J connectivity index is 1.90. The van der Waals surface area contributed by atoms with Crippen LogP contribution in [-0.4, -0.2) is 31.7 Å². The number of aromatic nitrogens is 2. The van der Waals surface area contributed by atoms with Crippen LogP contribution in [0.15, 0.2) is 104 Å². The summed E-state index contributed by atoms with van der Waals surface area (Å²) < 4.78 is 1.99. The second-order valence-corrected chi connectivity index (χ2v) is 7.92. The minimum atomic E-state index is -1.15. The number of aliphatic carboxylic acids is 2. The molecule has 166 valence electrons. The van der Waals surface area contributed by atoms with Crippen molar-refractivity contribution in [3.05, 3.63) is 126 Å². The van der Waals surface area contributed by atoms with E-state index in [1.54, 1.807) is 6.33 Å². The lowest BCUT2D eigenvalue weighted by Gasteiger charge is -2.37. The van der Waals surface area contributed by atoms with Crippen LogP contribution in [0.2, 0.25) is 0 Å². The van der Waals surface area contributed by atoms with Crippen LogP contribution in [0.5, 0.6) is 0 Å². The molecule has 0 amide bonds. The molecule has 0 aliphatic carbocycles. The van der Waals surface area contributed by atoms with Crippen molar-refractivity contribution in [3.8, 4) is 0 Å². The highest BCUT2D eigenvalue weighted by molar-refractivity contribution is 5.77. The first-order chi connectivity index (χ1) is 16.0. The zero-order valence-electron chi connectivity index (χ0n) is 17.9. The lowest BCUT2D eigenvalue weighted by atomic mass is 9.77. The van der Waals surface area contributed by atoms with E-state index < -0.39 is 29.8 Å². The van der Waals surface area contributed by atoms with Gasteiger partial charge in [-0.05, 0) is 16.7 Å². The van der Waals surface area contributed by atoms with Crippen molar-refractivity contribution in [2.45, 2.75) is 18.4 Å². The summed E-state index contributed by atoms with van der Waals surface area (Å²) in [6.07, 6.45) is 3.10. The third-order valence-electron chi connectivity index (χ3n) is 5.82. The van der Waals surface area contributed by atoms with E-state index in [0.29, 0.717) is 5.69 Å². The van der Waals surface area contributed by atoms with Crippen LogP contribution in [0.4, 0.5) is 0 Å². The van der Waals surface area contributed by atoms with Crippen molar-refractivity contribution in [2.75, 3.05) is 0 Å². The highest BCUT2D eigenvalue weighted by Gasteiger charge is 2.38. The fourth-order valence-electron chi connectivity index (χ4n) is 4.35. The summed E-state index contributed by atoms with van der Waals surface area (Å²) in [5.74, 6) is -3.34. The van der Waals surface area contributed by atoms with Crippen molar-refractivity contribution in [2.24, 2.45) is 5.92 Å². The molecule has 0 aliphatic heterocycles. The fourth-order valence-corrected chi connectivity index (χ4v) is 4.35. The topological polar surface area (TPSA) is 92.4 Å². The molecular formula is C27H24N2O4. The molecule has 0 spiro atoms. The molecule has 1 atom stereocenters. The normalized spacial score (nSPS) is 12.2. The molecule has 0 radical (unpaired) electrons. The maximum absolute atomic E-state index is 11.6. The Morgan fingerprint density at radius 1 is 0.788 bits per heavy atom. The number of hydrogen-bond donors (Lipinski definition) is 2. The van der Waals surface area contributed by atoms with Crippen LogP contribution >= 0.6 is 0 Å². The molecule has 6 heteroatoms. The van der Waals surface area contributed by atoms with Gasteiger partial charge in [-0.3, -0.25) is 9.59 Å². The standard InChI is InChI=1S/C27H24N2O4/c30-25(31)17-20(26(32)33)16-24-18-29(19-28-24)27(21-10-4-1-5-11-21,22-12-6-2-7-13-22)23-14-8-3-9-15-23/h1-15,18-20H,16-17H2,(H,30,31)(H,32,33)/t20-/m1/s1. The Morgan fingerprint density at radius 3 is 1.64 bits per heavy atom. The third kappa shape index (κ3) is 4.41. The number of hydrogen-bond acceptors (Lipinski definition) is 3. The fraction of sp³-hybridized carbons (Fsp3) is 0.148.